The van der Waals surface area contributed by atoms with Crippen molar-refractivity contribution >= 4 is 11.6 Å². The maximum absolute atomic E-state index is 11.4. The predicted octanol–water partition coefficient (Wildman–Crippen LogP) is 2.61. The monoisotopic (exact) mass is 184 g/mol. The van der Waals surface area contributed by atoms with E-state index in [2.05, 4.69) is 0 Å². The van der Waals surface area contributed by atoms with Crippen molar-refractivity contribution in [2.75, 3.05) is 0 Å². The fourth-order valence-corrected chi connectivity index (χ4v) is 1.25. The molecule has 0 aliphatic carbocycles. The summed E-state index contributed by atoms with van der Waals surface area (Å²) in [7, 11) is 0. The minimum Gasteiger partial charge on any atom is -0.299 e. The lowest BCUT2D eigenvalue weighted by Gasteiger charge is -2.12. The average Bonchev–Trinajstić information content (AvgIpc) is 2.12. The maximum atomic E-state index is 11.4. The van der Waals surface area contributed by atoms with Crippen molar-refractivity contribution < 1.29 is 9.59 Å². The summed E-state index contributed by atoms with van der Waals surface area (Å²) in [6.07, 6.45) is 1.76. The Balaban J connectivity index is 4.13. The van der Waals surface area contributed by atoms with Gasteiger partial charge in [-0.1, -0.05) is 27.7 Å². The second-order valence-electron chi connectivity index (χ2n) is 3.75. The molecule has 0 spiro atoms. The van der Waals surface area contributed by atoms with Gasteiger partial charge in [-0.3, -0.25) is 9.59 Å². The van der Waals surface area contributed by atoms with Crippen molar-refractivity contribution in [1.82, 2.24) is 0 Å². The largest absolute Gasteiger partial charge is 0.299 e. The van der Waals surface area contributed by atoms with Crippen molar-refractivity contribution in [3.63, 3.8) is 0 Å². The zero-order chi connectivity index (χ0) is 10.4. The minimum absolute atomic E-state index is 0.0418. The van der Waals surface area contributed by atoms with Crippen LogP contribution in [0.3, 0.4) is 0 Å². The molecule has 13 heavy (non-hydrogen) atoms. The van der Waals surface area contributed by atoms with Crippen LogP contribution < -0.4 is 0 Å². The van der Waals surface area contributed by atoms with E-state index >= 15 is 0 Å². The molecular weight excluding hydrogens is 164 g/mol. The predicted molar refractivity (Wildman–Crippen MR) is 53.5 cm³/mol. The minimum atomic E-state index is -0.0418. The number of rotatable bonds is 6. The molecule has 0 amide bonds. The van der Waals surface area contributed by atoms with Crippen LogP contribution in [-0.4, -0.2) is 11.6 Å². The zero-order valence-corrected chi connectivity index (χ0v) is 9.09. The van der Waals surface area contributed by atoms with E-state index in [-0.39, 0.29) is 23.4 Å². The van der Waals surface area contributed by atoms with Gasteiger partial charge in [-0.25, -0.2) is 0 Å². The molecule has 0 aromatic rings. The van der Waals surface area contributed by atoms with Crippen molar-refractivity contribution in [3.05, 3.63) is 0 Å². The molecule has 0 N–H and O–H groups in total. The molecule has 1 atom stereocenters. The van der Waals surface area contributed by atoms with E-state index in [0.29, 0.717) is 12.8 Å². The zero-order valence-electron chi connectivity index (χ0n) is 9.09. The van der Waals surface area contributed by atoms with Crippen molar-refractivity contribution in [2.24, 2.45) is 11.8 Å². The first-order valence-corrected chi connectivity index (χ1v) is 5.08. The van der Waals surface area contributed by atoms with Crippen LogP contribution in [0.5, 0.6) is 0 Å². The maximum Gasteiger partial charge on any atom is 0.136 e. The molecule has 0 bridgehead atoms. The van der Waals surface area contributed by atoms with Gasteiger partial charge in [0.25, 0.3) is 0 Å². The summed E-state index contributed by atoms with van der Waals surface area (Å²) < 4.78 is 0. The van der Waals surface area contributed by atoms with E-state index < -0.39 is 0 Å². The lowest BCUT2D eigenvalue weighted by atomic mass is 9.90. The van der Waals surface area contributed by atoms with Crippen LogP contribution in [0.25, 0.3) is 0 Å². The van der Waals surface area contributed by atoms with Crippen molar-refractivity contribution in [2.45, 2.75) is 47.0 Å². The van der Waals surface area contributed by atoms with Crippen LogP contribution in [0.4, 0.5) is 0 Å². The summed E-state index contributed by atoms with van der Waals surface area (Å²) in [5, 5.41) is 0. The van der Waals surface area contributed by atoms with Gasteiger partial charge in [0.1, 0.15) is 11.6 Å². The average molecular weight is 184 g/mol. The Morgan fingerprint density at radius 1 is 1.08 bits per heavy atom. The molecule has 0 radical (unpaired) electrons. The first-order valence-electron chi connectivity index (χ1n) is 5.08. The van der Waals surface area contributed by atoms with Gasteiger partial charge in [-0.05, 0) is 6.42 Å². The normalized spacial score (nSPS) is 13.0. The van der Waals surface area contributed by atoms with E-state index in [1.807, 2.05) is 27.7 Å². The Bertz CT molecular complexity index is 183. The van der Waals surface area contributed by atoms with Crippen LogP contribution in [0, 0.1) is 11.8 Å². The molecular formula is C11H20O2. The quantitative estimate of drug-likeness (QED) is 0.636. The summed E-state index contributed by atoms with van der Waals surface area (Å²) in [4.78, 5) is 22.7. The van der Waals surface area contributed by atoms with E-state index in [0.717, 1.165) is 6.42 Å². The van der Waals surface area contributed by atoms with Crippen LogP contribution in [0.15, 0.2) is 0 Å². The highest BCUT2D eigenvalue weighted by Gasteiger charge is 2.19. The summed E-state index contributed by atoms with van der Waals surface area (Å²) in [5.74, 6) is 0.434. The Hall–Kier alpha value is -0.660. The number of hydrogen-bond acceptors (Lipinski definition) is 2. The first-order chi connectivity index (χ1) is 6.02. The molecule has 0 fully saturated rings. The third-order valence-electron chi connectivity index (χ3n) is 2.39. The van der Waals surface area contributed by atoms with E-state index in [1.54, 1.807) is 0 Å². The number of Topliss-reactive ketones (excluding diaryl/α,β-unsaturated/α-hetero) is 2. The van der Waals surface area contributed by atoms with Gasteiger partial charge >= 0.3 is 0 Å². The van der Waals surface area contributed by atoms with Crippen LogP contribution in [0.1, 0.15) is 47.0 Å². The van der Waals surface area contributed by atoms with E-state index in [1.165, 1.54) is 0 Å². The molecule has 0 rings (SSSR count). The number of ketones is 2. The highest BCUT2D eigenvalue weighted by Crippen LogP contribution is 2.14. The first kappa shape index (κ1) is 12.3. The second kappa shape index (κ2) is 5.90. The van der Waals surface area contributed by atoms with Gasteiger partial charge in [0.05, 0.1) is 0 Å². The molecule has 0 saturated carbocycles. The number of hydrogen-bond donors (Lipinski definition) is 0. The van der Waals surface area contributed by atoms with E-state index in [4.69, 9.17) is 0 Å². The smallest absolute Gasteiger partial charge is 0.136 e. The Kier molecular flexibility index (Phi) is 5.60. The summed E-state index contributed by atoms with van der Waals surface area (Å²) in [6.45, 7) is 7.58. The highest BCUT2D eigenvalue weighted by molar-refractivity contribution is 5.88. The van der Waals surface area contributed by atoms with Crippen molar-refractivity contribution in [3.8, 4) is 0 Å². The Morgan fingerprint density at radius 2 is 1.62 bits per heavy atom. The van der Waals surface area contributed by atoms with Gasteiger partial charge in [0.2, 0.25) is 0 Å². The molecule has 0 aromatic heterocycles. The molecule has 0 aromatic carbocycles. The van der Waals surface area contributed by atoms with Crippen molar-refractivity contribution in [1.29, 1.82) is 0 Å². The number of carbonyl (C=O) groups is 2. The second-order valence-corrected chi connectivity index (χ2v) is 3.75. The third-order valence-corrected chi connectivity index (χ3v) is 2.39. The summed E-state index contributed by atoms with van der Waals surface area (Å²) in [5.41, 5.74) is 0. The topological polar surface area (TPSA) is 34.1 Å². The Labute approximate surface area is 80.7 Å². The van der Waals surface area contributed by atoms with Gasteiger partial charge < -0.3 is 0 Å². The molecule has 2 heteroatoms. The fourth-order valence-electron chi connectivity index (χ4n) is 1.25. The Morgan fingerprint density at radius 3 is 1.92 bits per heavy atom. The molecule has 0 aliphatic heterocycles. The SMILES string of the molecule is CCC(=O)C(CC)CC(=O)C(C)C. The molecule has 76 valence electrons. The lowest BCUT2D eigenvalue weighted by molar-refractivity contribution is -0.129. The fraction of sp³-hybridized carbons (Fsp3) is 0.818. The highest BCUT2D eigenvalue weighted by atomic mass is 16.1. The van der Waals surface area contributed by atoms with Gasteiger partial charge in [0, 0.05) is 24.7 Å². The van der Waals surface area contributed by atoms with Crippen LogP contribution in [-0.2, 0) is 9.59 Å². The molecule has 0 heterocycles. The summed E-state index contributed by atoms with van der Waals surface area (Å²) >= 11 is 0. The van der Waals surface area contributed by atoms with E-state index in [9.17, 15) is 9.59 Å². The standard InChI is InChI=1S/C11H20O2/c1-5-9(10(12)6-2)7-11(13)8(3)4/h8-9H,5-7H2,1-4H3. The van der Waals surface area contributed by atoms with Crippen LogP contribution >= 0.6 is 0 Å². The molecule has 1 unspecified atom stereocenters. The van der Waals surface area contributed by atoms with Gasteiger partial charge in [-0.2, -0.15) is 0 Å². The third kappa shape index (κ3) is 4.20. The molecule has 2 nitrogen and oxygen atoms in total. The van der Waals surface area contributed by atoms with Gasteiger partial charge in [0.15, 0.2) is 0 Å². The molecule has 0 aliphatic rings. The molecule has 0 saturated heterocycles. The van der Waals surface area contributed by atoms with Crippen LogP contribution in [0.2, 0.25) is 0 Å². The summed E-state index contributed by atoms with van der Waals surface area (Å²) in [6, 6.07) is 0. The van der Waals surface area contributed by atoms with Gasteiger partial charge in [-0.15, -0.1) is 0 Å². The number of carbonyl (C=O) groups excluding carboxylic acids is 2. The lowest BCUT2D eigenvalue weighted by Crippen LogP contribution is -2.19.